The summed E-state index contributed by atoms with van der Waals surface area (Å²) < 4.78 is 0. The molecule has 0 aromatic rings. The first kappa shape index (κ1) is 14.7. The third kappa shape index (κ3) is 31.9. The fourth-order valence-electron chi connectivity index (χ4n) is 0.461. The van der Waals surface area contributed by atoms with Crippen LogP contribution in [0.4, 0.5) is 0 Å². The van der Waals surface area contributed by atoms with E-state index < -0.39 is 5.97 Å². The molecule has 0 unspecified atom stereocenters. The zero-order valence-corrected chi connectivity index (χ0v) is 8.06. The number of guanidine groups is 1. The third-order valence-corrected chi connectivity index (χ3v) is 0.876. The first-order valence-electron chi connectivity index (χ1n) is 3.89. The van der Waals surface area contributed by atoms with Gasteiger partial charge in [-0.25, -0.2) is 0 Å². The maximum atomic E-state index is 10.2. The Bertz CT molecular complexity index is 207. The van der Waals surface area contributed by atoms with Gasteiger partial charge in [0.05, 0.1) is 0 Å². The summed E-state index contributed by atoms with van der Waals surface area (Å²) in [5, 5.41) is 7.42. The number of carboxylic acids is 1. The molecule has 0 heterocycles. The number of carbonyl (C=O) groups is 2. The van der Waals surface area contributed by atoms with Crippen molar-refractivity contribution in [3.8, 4) is 0 Å². The van der Waals surface area contributed by atoms with Gasteiger partial charge in [0.15, 0.2) is 5.96 Å². The number of aliphatic carboxylic acids is 1. The molecule has 0 fully saturated rings. The van der Waals surface area contributed by atoms with E-state index in [0.29, 0.717) is 19.4 Å². The highest BCUT2D eigenvalue weighted by Crippen LogP contribution is 1.86. The molecule has 0 aliphatic rings. The van der Waals surface area contributed by atoms with Gasteiger partial charge in [-0.3, -0.25) is 14.6 Å². The molecule has 0 aliphatic heterocycles. The highest BCUT2D eigenvalue weighted by atomic mass is 16.4. The molecule has 0 bridgehead atoms. The number of carboxylic acid groups (broad SMARTS) is 1. The van der Waals surface area contributed by atoms with E-state index in [2.05, 4.69) is 4.99 Å². The number of hydrogen-bond donors (Lipinski definition) is 4. The number of amides is 1. The number of rotatable bonds is 4. The number of nitrogens with two attached hydrogens (primary N) is 3. The second-order valence-electron chi connectivity index (χ2n) is 2.40. The van der Waals surface area contributed by atoms with Crippen molar-refractivity contribution < 1.29 is 14.7 Å². The lowest BCUT2D eigenvalue weighted by atomic mass is 10.3. The van der Waals surface area contributed by atoms with Crippen LogP contribution in [0.5, 0.6) is 0 Å². The number of hydrogen-bond acceptors (Lipinski definition) is 3. The molecule has 7 nitrogen and oxygen atoms in total. The summed E-state index contributed by atoms with van der Waals surface area (Å²) >= 11 is 0. The number of aliphatic imine (C=N–C) groups is 1. The minimum Gasteiger partial charge on any atom is -0.481 e. The Hall–Kier alpha value is -1.79. The topological polar surface area (TPSA) is 145 Å². The van der Waals surface area contributed by atoms with Crippen molar-refractivity contribution in [1.82, 2.24) is 0 Å². The van der Waals surface area contributed by atoms with E-state index in [1.807, 2.05) is 0 Å². The molecule has 0 aromatic heterocycles. The van der Waals surface area contributed by atoms with Crippen LogP contribution in [-0.4, -0.2) is 29.5 Å². The first-order valence-corrected chi connectivity index (χ1v) is 3.89. The smallest absolute Gasteiger partial charge is 0.300 e. The van der Waals surface area contributed by atoms with Crippen molar-refractivity contribution in [2.24, 2.45) is 22.2 Å². The summed E-state index contributed by atoms with van der Waals surface area (Å²) in [6.07, 6.45) is 0.935. The number of primary amides is 1. The molecule has 7 N–H and O–H groups in total. The molecule has 0 aromatic carbocycles. The summed E-state index contributed by atoms with van der Waals surface area (Å²) in [6, 6.07) is 0. The van der Waals surface area contributed by atoms with Crippen LogP contribution in [0.15, 0.2) is 4.99 Å². The molecule has 14 heavy (non-hydrogen) atoms. The maximum Gasteiger partial charge on any atom is 0.300 e. The molecule has 0 saturated heterocycles. The molecule has 0 radical (unpaired) electrons. The van der Waals surface area contributed by atoms with Crippen molar-refractivity contribution in [3.05, 3.63) is 0 Å². The lowest BCUT2D eigenvalue weighted by molar-refractivity contribution is -0.134. The molecule has 0 atom stereocenters. The monoisotopic (exact) mass is 204 g/mol. The number of nitrogens with zero attached hydrogens (tertiary/aromatic N) is 1. The zero-order valence-electron chi connectivity index (χ0n) is 8.06. The van der Waals surface area contributed by atoms with Gasteiger partial charge in [0.25, 0.3) is 5.97 Å². The van der Waals surface area contributed by atoms with E-state index in [9.17, 15) is 4.79 Å². The highest BCUT2D eigenvalue weighted by molar-refractivity contribution is 5.76. The van der Waals surface area contributed by atoms with Crippen LogP contribution < -0.4 is 17.2 Å². The van der Waals surface area contributed by atoms with E-state index in [4.69, 9.17) is 27.1 Å². The highest BCUT2D eigenvalue weighted by Gasteiger charge is 1.91. The van der Waals surface area contributed by atoms with Gasteiger partial charge in [-0.15, -0.1) is 0 Å². The molecule has 7 heteroatoms. The van der Waals surface area contributed by atoms with E-state index in [-0.39, 0.29) is 11.9 Å². The fraction of sp³-hybridized carbons (Fsp3) is 0.571. The largest absolute Gasteiger partial charge is 0.481 e. The van der Waals surface area contributed by atoms with E-state index in [1.54, 1.807) is 0 Å². The molecular formula is C7H16N4O3. The SMILES string of the molecule is CC(=O)O.NC(=O)CCCN=C(N)N. The Morgan fingerprint density at radius 2 is 1.71 bits per heavy atom. The fourth-order valence-corrected chi connectivity index (χ4v) is 0.461. The van der Waals surface area contributed by atoms with Gasteiger partial charge in [-0.2, -0.15) is 0 Å². The summed E-state index contributed by atoms with van der Waals surface area (Å²) in [5.74, 6) is -1.12. The summed E-state index contributed by atoms with van der Waals surface area (Å²) in [6.45, 7) is 1.55. The van der Waals surface area contributed by atoms with Crippen LogP contribution in [0.1, 0.15) is 19.8 Å². The van der Waals surface area contributed by atoms with Gasteiger partial charge in [-0.1, -0.05) is 0 Å². The second kappa shape index (κ2) is 9.30. The van der Waals surface area contributed by atoms with Crippen LogP contribution in [-0.2, 0) is 9.59 Å². The standard InChI is InChI=1S/C5H12N4O.C2H4O2/c6-4(10)2-1-3-9-5(7)8;1-2(3)4/h1-3H2,(H2,6,10)(H4,7,8,9);1H3,(H,3,4). The van der Waals surface area contributed by atoms with Crippen molar-refractivity contribution in [3.63, 3.8) is 0 Å². The predicted molar refractivity (Wildman–Crippen MR) is 52.4 cm³/mol. The van der Waals surface area contributed by atoms with Gasteiger partial charge < -0.3 is 22.3 Å². The van der Waals surface area contributed by atoms with E-state index in [0.717, 1.165) is 6.92 Å². The zero-order chi connectivity index (χ0) is 11.6. The van der Waals surface area contributed by atoms with Gasteiger partial charge in [0.2, 0.25) is 5.91 Å². The first-order chi connectivity index (χ1) is 6.36. The van der Waals surface area contributed by atoms with Gasteiger partial charge in [-0.05, 0) is 6.42 Å². The lowest BCUT2D eigenvalue weighted by Gasteiger charge is -1.92. The van der Waals surface area contributed by atoms with Crippen molar-refractivity contribution >= 4 is 17.8 Å². The average molecular weight is 204 g/mol. The quantitative estimate of drug-likeness (QED) is 0.253. The second-order valence-corrected chi connectivity index (χ2v) is 2.40. The average Bonchev–Trinajstić information content (AvgIpc) is 1.96. The van der Waals surface area contributed by atoms with Gasteiger partial charge in [0, 0.05) is 19.9 Å². The van der Waals surface area contributed by atoms with E-state index >= 15 is 0 Å². The Morgan fingerprint density at radius 1 is 1.29 bits per heavy atom. The number of carbonyl (C=O) groups excluding carboxylic acids is 1. The Kier molecular flexibility index (Phi) is 9.78. The minimum absolute atomic E-state index is 0.0458. The van der Waals surface area contributed by atoms with Gasteiger partial charge in [0.1, 0.15) is 0 Å². The van der Waals surface area contributed by atoms with Crippen LogP contribution in [0.25, 0.3) is 0 Å². The predicted octanol–water partition coefficient (Wildman–Crippen LogP) is -1.38. The lowest BCUT2D eigenvalue weighted by Crippen LogP contribution is -2.23. The molecule has 0 aliphatic carbocycles. The Labute approximate surface area is 82.0 Å². The van der Waals surface area contributed by atoms with Crippen molar-refractivity contribution in [2.45, 2.75) is 19.8 Å². The molecule has 0 rings (SSSR count). The molecule has 1 amide bonds. The third-order valence-electron chi connectivity index (χ3n) is 0.876. The summed E-state index contributed by atoms with van der Waals surface area (Å²) in [7, 11) is 0. The Balaban J connectivity index is 0. The van der Waals surface area contributed by atoms with Crippen molar-refractivity contribution in [1.29, 1.82) is 0 Å². The van der Waals surface area contributed by atoms with E-state index in [1.165, 1.54) is 0 Å². The normalized spacial score (nSPS) is 8.07. The van der Waals surface area contributed by atoms with Crippen LogP contribution in [0.3, 0.4) is 0 Å². The summed E-state index contributed by atoms with van der Waals surface area (Å²) in [5.41, 5.74) is 14.9. The van der Waals surface area contributed by atoms with Crippen LogP contribution >= 0.6 is 0 Å². The summed E-state index contributed by atoms with van der Waals surface area (Å²) in [4.78, 5) is 22.8. The minimum atomic E-state index is -0.833. The van der Waals surface area contributed by atoms with Crippen LogP contribution in [0, 0.1) is 0 Å². The molecule has 0 spiro atoms. The Morgan fingerprint density at radius 3 is 2.00 bits per heavy atom. The van der Waals surface area contributed by atoms with Crippen LogP contribution in [0.2, 0.25) is 0 Å². The molecule has 0 saturated carbocycles. The molecule has 82 valence electrons. The van der Waals surface area contributed by atoms with Gasteiger partial charge >= 0.3 is 0 Å². The van der Waals surface area contributed by atoms with Crippen molar-refractivity contribution in [2.75, 3.05) is 6.54 Å². The maximum absolute atomic E-state index is 10.2. The molecular weight excluding hydrogens is 188 g/mol.